The number of alkyl halides is 3. The molecule has 0 spiro atoms. The van der Waals surface area contributed by atoms with Crippen LogP contribution in [-0.4, -0.2) is 20.8 Å². The third kappa shape index (κ3) is 7.24. The Labute approximate surface area is 112 Å². The van der Waals surface area contributed by atoms with Crippen molar-refractivity contribution in [3.05, 3.63) is 24.3 Å². The number of rotatable bonds is 2. The normalized spacial score (nSPS) is 15.4. The van der Waals surface area contributed by atoms with Crippen molar-refractivity contribution < 1.29 is 26.3 Å². The molecule has 4 nitrogen and oxygen atoms in total. The van der Waals surface area contributed by atoms with E-state index in [1.165, 1.54) is 12.8 Å². The summed E-state index contributed by atoms with van der Waals surface area (Å²) in [6, 6.07) is 4.40. The van der Waals surface area contributed by atoms with Crippen molar-refractivity contribution in [3.8, 4) is 5.75 Å². The molecule has 1 aromatic carbocycles. The van der Waals surface area contributed by atoms with Crippen LogP contribution in [-0.2, 0) is 9.05 Å². The zero-order valence-corrected chi connectivity index (χ0v) is 11.1. The number of benzene rings is 1. The van der Waals surface area contributed by atoms with Crippen LogP contribution in [0.1, 0.15) is 12.8 Å². The molecule has 2 N–H and O–H groups in total. The van der Waals surface area contributed by atoms with E-state index in [4.69, 9.17) is 16.4 Å². The second-order valence-electron chi connectivity index (χ2n) is 3.80. The summed E-state index contributed by atoms with van der Waals surface area (Å²) in [5.74, 6) is -0.635. The predicted molar refractivity (Wildman–Crippen MR) is 63.4 cm³/mol. The van der Waals surface area contributed by atoms with Crippen molar-refractivity contribution >= 4 is 19.7 Å². The van der Waals surface area contributed by atoms with Crippen LogP contribution in [0.4, 0.5) is 13.2 Å². The van der Waals surface area contributed by atoms with Gasteiger partial charge in [-0.05, 0) is 25.0 Å². The van der Waals surface area contributed by atoms with Crippen LogP contribution in [0.5, 0.6) is 5.75 Å². The minimum absolute atomic E-state index is 0.453. The van der Waals surface area contributed by atoms with Gasteiger partial charge in [0.15, 0.2) is 0 Å². The molecule has 19 heavy (non-hydrogen) atoms. The Kier molecular flexibility index (Phi) is 5.05. The first kappa shape index (κ1) is 16.1. The van der Waals surface area contributed by atoms with Crippen LogP contribution >= 0.6 is 10.7 Å². The first-order valence-corrected chi connectivity index (χ1v) is 7.45. The Hall–Kier alpha value is -0.990. The average molecular weight is 318 g/mol. The molecule has 108 valence electrons. The van der Waals surface area contributed by atoms with Gasteiger partial charge < -0.3 is 10.5 Å². The van der Waals surface area contributed by atoms with Crippen molar-refractivity contribution in [1.82, 2.24) is 0 Å². The van der Waals surface area contributed by atoms with Crippen LogP contribution in [0.15, 0.2) is 29.2 Å². The molecule has 0 unspecified atom stereocenters. The molecule has 1 aliphatic carbocycles. The molecule has 1 aromatic rings. The van der Waals surface area contributed by atoms with E-state index >= 15 is 0 Å². The van der Waals surface area contributed by atoms with E-state index in [1.54, 1.807) is 0 Å². The molecule has 0 aliphatic heterocycles. The Morgan fingerprint density at radius 2 is 1.84 bits per heavy atom. The van der Waals surface area contributed by atoms with Crippen molar-refractivity contribution in [1.29, 1.82) is 0 Å². The van der Waals surface area contributed by atoms with E-state index in [0.717, 1.165) is 18.2 Å². The lowest BCUT2D eigenvalue weighted by Crippen LogP contribution is -2.17. The van der Waals surface area contributed by atoms with Gasteiger partial charge in [-0.25, -0.2) is 8.42 Å². The Morgan fingerprint density at radius 3 is 2.21 bits per heavy atom. The fourth-order valence-electron chi connectivity index (χ4n) is 0.919. The van der Waals surface area contributed by atoms with E-state index in [9.17, 15) is 21.6 Å². The SMILES string of the molecule is NC1CC1.O=S(=O)(Cl)c1cccc(OC(F)(F)F)c1. The molecule has 0 bridgehead atoms. The topological polar surface area (TPSA) is 69.4 Å². The molecule has 1 saturated carbocycles. The third-order valence-corrected chi connectivity index (χ3v) is 3.29. The highest BCUT2D eigenvalue weighted by molar-refractivity contribution is 8.13. The molecular formula is C10H11ClF3NO3S. The highest BCUT2D eigenvalue weighted by atomic mass is 35.7. The van der Waals surface area contributed by atoms with E-state index < -0.39 is 26.1 Å². The summed E-state index contributed by atoms with van der Waals surface area (Å²) in [5, 5.41) is 0. The zero-order chi connectivity index (χ0) is 14.7. The van der Waals surface area contributed by atoms with Crippen LogP contribution in [0.3, 0.4) is 0 Å². The van der Waals surface area contributed by atoms with Crippen LogP contribution in [0, 0.1) is 0 Å². The smallest absolute Gasteiger partial charge is 0.406 e. The van der Waals surface area contributed by atoms with Crippen LogP contribution in [0.2, 0.25) is 0 Å². The summed E-state index contributed by atoms with van der Waals surface area (Å²) in [6.07, 6.45) is -2.34. The first-order valence-electron chi connectivity index (χ1n) is 5.14. The van der Waals surface area contributed by atoms with Crippen LogP contribution in [0.25, 0.3) is 0 Å². The minimum atomic E-state index is -4.87. The van der Waals surface area contributed by atoms with Crippen molar-refractivity contribution in [2.75, 3.05) is 0 Å². The molecule has 2 rings (SSSR count). The Morgan fingerprint density at radius 1 is 1.32 bits per heavy atom. The maximum absolute atomic E-state index is 11.8. The van der Waals surface area contributed by atoms with E-state index in [-0.39, 0.29) is 0 Å². The number of nitrogens with two attached hydrogens (primary N) is 1. The second-order valence-corrected chi connectivity index (χ2v) is 6.36. The maximum Gasteiger partial charge on any atom is 0.573 e. The number of hydrogen-bond acceptors (Lipinski definition) is 4. The fourth-order valence-corrected chi connectivity index (χ4v) is 1.71. The molecular weight excluding hydrogens is 307 g/mol. The van der Waals surface area contributed by atoms with Gasteiger partial charge >= 0.3 is 6.36 Å². The van der Waals surface area contributed by atoms with Gasteiger partial charge in [0, 0.05) is 22.8 Å². The summed E-state index contributed by atoms with van der Waals surface area (Å²) in [4.78, 5) is -0.453. The Balaban J connectivity index is 0.000000382. The third-order valence-electron chi connectivity index (χ3n) is 1.94. The van der Waals surface area contributed by atoms with Crippen molar-refractivity contribution in [2.45, 2.75) is 30.1 Å². The zero-order valence-electron chi connectivity index (χ0n) is 9.52. The fraction of sp³-hybridized carbons (Fsp3) is 0.400. The largest absolute Gasteiger partial charge is 0.573 e. The number of ether oxygens (including phenoxy) is 1. The van der Waals surface area contributed by atoms with Gasteiger partial charge in [-0.2, -0.15) is 0 Å². The summed E-state index contributed by atoms with van der Waals surface area (Å²) in [5.41, 5.74) is 5.22. The van der Waals surface area contributed by atoms with E-state index in [1.807, 2.05) is 0 Å². The summed E-state index contributed by atoms with van der Waals surface area (Å²) in [7, 11) is 0.881. The summed E-state index contributed by atoms with van der Waals surface area (Å²) in [6.45, 7) is 0. The monoisotopic (exact) mass is 317 g/mol. The lowest BCUT2D eigenvalue weighted by Gasteiger charge is -2.08. The molecule has 0 amide bonds. The quantitative estimate of drug-likeness (QED) is 0.851. The van der Waals surface area contributed by atoms with Gasteiger partial charge in [-0.3, -0.25) is 0 Å². The minimum Gasteiger partial charge on any atom is -0.406 e. The lowest BCUT2D eigenvalue weighted by molar-refractivity contribution is -0.274. The van der Waals surface area contributed by atoms with Crippen molar-refractivity contribution in [3.63, 3.8) is 0 Å². The Bertz CT molecular complexity index is 529. The van der Waals surface area contributed by atoms with Gasteiger partial charge in [0.05, 0.1) is 4.90 Å². The molecule has 0 radical (unpaired) electrons. The predicted octanol–water partition coefficient (Wildman–Crippen LogP) is 2.62. The van der Waals surface area contributed by atoms with Crippen molar-refractivity contribution in [2.24, 2.45) is 5.73 Å². The average Bonchev–Trinajstić information content (AvgIpc) is 2.98. The standard InChI is InChI=1S/C7H4ClF3O3S.C3H7N/c8-15(12,13)6-3-1-2-5(4-6)14-7(9,10)11;4-3-1-2-3/h1-4H;3H,1-2,4H2. The lowest BCUT2D eigenvalue weighted by atomic mass is 10.3. The molecule has 0 aromatic heterocycles. The van der Waals surface area contributed by atoms with Gasteiger partial charge in [-0.1, -0.05) is 6.07 Å². The summed E-state index contributed by atoms with van der Waals surface area (Å²) >= 11 is 0. The van der Waals surface area contributed by atoms with E-state index in [0.29, 0.717) is 12.1 Å². The van der Waals surface area contributed by atoms with Gasteiger partial charge in [0.25, 0.3) is 9.05 Å². The van der Waals surface area contributed by atoms with E-state index in [2.05, 4.69) is 4.74 Å². The van der Waals surface area contributed by atoms with Gasteiger partial charge in [-0.15, -0.1) is 13.2 Å². The van der Waals surface area contributed by atoms with Crippen LogP contribution < -0.4 is 10.5 Å². The molecule has 1 fully saturated rings. The molecule has 9 heteroatoms. The molecule has 1 aliphatic rings. The van der Waals surface area contributed by atoms with Gasteiger partial charge in [0.1, 0.15) is 5.75 Å². The molecule has 0 heterocycles. The summed E-state index contributed by atoms with van der Waals surface area (Å²) < 4.78 is 60.4. The molecule has 0 atom stereocenters. The highest BCUT2D eigenvalue weighted by Crippen LogP contribution is 2.25. The second kappa shape index (κ2) is 5.98. The maximum atomic E-state index is 11.8. The van der Waals surface area contributed by atoms with Gasteiger partial charge in [0.2, 0.25) is 0 Å². The number of hydrogen-bond donors (Lipinski definition) is 1. The highest BCUT2D eigenvalue weighted by Gasteiger charge is 2.31. The number of halogens is 4. The first-order chi connectivity index (χ1) is 8.58. The molecule has 0 saturated heterocycles.